The van der Waals surface area contributed by atoms with Gasteiger partial charge in [-0.2, -0.15) is 13.2 Å². The predicted molar refractivity (Wildman–Crippen MR) is 98.5 cm³/mol. The van der Waals surface area contributed by atoms with Gasteiger partial charge in [0.05, 0.1) is 5.56 Å². The number of hydrogen-bond donors (Lipinski definition) is 0. The minimum Gasteiger partial charge on any atom is -0.471 e. The van der Waals surface area contributed by atoms with Gasteiger partial charge in [0.15, 0.2) is 5.82 Å². The van der Waals surface area contributed by atoms with Crippen LogP contribution >= 0.6 is 11.8 Å². The number of ether oxygens (including phenoxy) is 1. The molecule has 1 aliphatic rings. The molecule has 0 saturated carbocycles. The molecule has 0 spiro atoms. The van der Waals surface area contributed by atoms with E-state index in [1.54, 1.807) is 24.3 Å². The molecule has 2 heterocycles. The lowest BCUT2D eigenvalue weighted by atomic mass is 10.1. The van der Waals surface area contributed by atoms with Crippen LogP contribution in [0.15, 0.2) is 41.7 Å². The van der Waals surface area contributed by atoms with Crippen molar-refractivity contribution in [2.24, 2.45) is 5.16 Å². The summed E-state index contributed by atoms with van der Waals surface area (Å²) in [5, 5.41) is 4.37. The number of halogens is 4. The molecule has 1 aromatic heterocycles. The Kier molecular flexibility index (Phi) is 5.83. The molecule has 28 heavy (non-hydrogen) atoms. The van der Waals surface area contributed by atoms with Gasteiger partial charge < -0.3 is 9.57 Å². The second-order valence-electron chi connectivity index (χ2n) is 6.84. The minimum absolute atomic E-state index is 0.00253. The zero-order chi connectivity index (χ0) is 20.4. The van der Waals surface area contributed by atoms with Crippen LogP contribution in [0.3, 0.4) is 0 Å². The highest BCUT2D eigenvalue weighted by atomic mass is 32.2. The molecule has 3 rings (SSSR count). The molecule has 0 fully saturated rings. The van der Waals surface area contributed by atoms with Crippen molar-refractivity contribution in [1.82, 2.24) is 4.98 Å². The maximum Gasteiger partial charge on any atom is 0.418 e. The zero-order valence-electron chi connectivity index (χ0n) is 15.2. The Hall–Kier alpha value is -2.29. The van der Waals surface area contributed by atoms with Crippen molar-refractivity contribution in [1.29, 1.82) is 0 Å². The monoisotopic (exact) mass is 414 g/mol. The number of rotatable bonds is 5. The Labute approximate surface area is 163 Å². The molecule has 0 aliphatic carbocycles. The van der Waals surface area contributed by atoms with Crippen LogP contribution in [0.5, 0.6) is 5.88 Å². The lowest BCUT2D eigenvalue weighted by Gasteiger charge is -2.16. The number of thioether (sulfide) groups is 1. The van der Waals surface area contributed by atoms with Crippen LogP contribution in [0.4, 0.5) is 17.6 Å². The summed E-state index contributed by atoms with van der Waals surface area (Å²) in [5.74, 6) is -1.84. The highest BCUT2D eigenvalue weighted by Crippen LogP contribution is 2.38. The SMILES string of the molecule is CC1(C)CC(SCc2c(C(F)(F)F)cnc(OCc3ccccc3)c2F)=NO1. The van der Waals surface area contributed by atoms with Gasteiger partial charge in [-0.1, -0.05) is 35.5 Å². The van der Waals surface area contributed by atoms with Crippen LogP contribution in [0.1, 0.15) is 37.0 Å². The van der Waals surface area contributed by atoms with E-state index in [1.807, 2.05) is 19.9 Å². The van der Waals surface area contributed by atoms with Crippen molar-refractivity contribution in [2.75, 3.05) is 0 Å². The summed E-state index contributed by atoms with van der Waals surface area (Å²) in [6.07, 6.45) is -3.67. The summed E-state index contributed by atoms with van der Waals surface area (Å²) < 4.78 is 60.1. The maximum atomic E-state index is 14.8. The number of benzene rings is 1. The molecule has 150 valence electrons. The van der Waals surface area contributed by atoms with Gasteiger partial charge in [0.1, 0.15) is 17.3 Å². The highest BCUT2D eigenvalue weighted by Gasteiger charge is 2.37. The summed E-state index contributed by atoms with van der Waals surface area (Å²) in [7, 11) is 0. The first kappa shape index (κ1) is 20.4. The molecule has 2 aromatic rings. The van der Waals surface area contributed by atoms with Gasteiger partial charge in [-0.25, -0.2) is 9.37 Å². The third-order valence-electron chi connectivity index (χ3n) is 3.97. The van der Waals surface area contributed by atoms with E-state index in [1.165, 1.54) is 0 Å². The summed E-state index contributed by atoms with van der Waals surface area (Å²) in [6, 6.07) is 8.90. The third-order valence-corrected chi connectivity index (χ3v) is 4.95. The van der Waals surface area contributed by atoms with Crippen LogP contribution in [0.25, 0.3) is 0 Å². The molecule has 4 nitrogen and oxygen atoms in total. The fraction of sp³-hybridized carbons (Fsp3) is 0.368. The molecule has 0 saturated heterocycles. The normalized spacial score (nSPS) is 15.9. The standard InChI is InChI=1S/C19H18F4N2O2S/c1-18(2)8-15(25-27-18)28-11-13-14(19(21,22)23)9-24-17(16(13)20)26-10-12-6-4-3-5-7-12/h3-7,9H,8,10-11H2,1-2H3. The van der Waals surface area contributed by atoms with E-state index in [-0.39, 0.29) is 12.4 Å². The van der Waals surface area contributed by atoms with Crippen LogP contribution in [0, 0.1) is 5.82 Å². The fourth-order valence-corrected chi connectivity index (χ4v) is 3.69. The summed E-state index contributed by atoms with van der Waals surface area (Å²) in [6.45, 7) is 3.62. The van der Waals surface area contributed by atoms with E-state index < -0.39 is 34.6 Å². The number of hydrogen-bond acceptors (Lipinski definition) is 5. The first-order chi connectivity index (χ1) is 13.2. The van der Waals surface area contributed by atoms with E-state index in [0.29, 0.717) is 17.7 Å². The predicted octanol–water partition coefficient (Wildman–Crippen LogP) is 5.56. The Morgan fingerprint density at radius 3 is 2.54 bits per heavy atom. The largest absolute Gasteiger partial charge is 0.471 e. The third kappa shape index (κ3) is 4.95. The molecule has 1 aromatic carbocycles. The minimum atomic E-state index is -4.73. The molecule has 0 radical (unpaired) electrons. The van der Waals surface area contributed by atoms with E-state index in [2.05, 4.69) is 10.1 Å². The lowest BCUT2D eigenvalue weighted by molar-refractivity contribution is -0.138. The molecule has 9 heteroatoms. The van der Waals surface area contributed by atoms with Crippen molar-refractivity contribution >= 4 is 16.8 Å². The van der Waals surface area contributed by atoms with Crippen LogP contribution in [-0.4, -0.2) is 15.6 Å². The van der Waals surface area contributed by atoms with Gasteiger partial charge in [-0.15, -0.1) is 11.8 Å². The molecule has 1 aliphatic heterocycles. The van der Waals surface area contributed by atoms with Crippen molar-refractivity contribution in [2.45, 2.75) is 44.4 Å². The van der Waals surface area contributed by atoms with Gasteiger partial charge in [0.25, 0.3) is 5.88 Å². The second kappa shape index (κ2) is 7.98. The smallest absolute Gasteiger partial charge is 0.418 e. The first-order valence-corrected chi connectivity index (χ1v) is 9.43. The van der Waals surface area contributed by atoms with Crippen LogP contribution < -0.4 is 4.74 Å². The van der Waals surface area contributed by atoms with Gasteiger partial charge in [-0.05, 0) is 19.4 Å². The Morgan fingerprint density at radius 1 is 1.21 bits per heavy atom. The van der Waals surface area contributed by atoms with Gasteiger partial charge in [-0.3, -0.25) is 0 Å². The molecule has 0 bridgehead atoms. The van der Waals surface area contributed by atoms with Gasteiger partial charge >= 0.3 is 6.18 Å². The van der Waals surface area contributed by atoms with Crippen LogP contribution in [-0.2, 0) is 23.4 Å². The van der Waals surface area contributed by atoms with E-state index >= 15 is 0 Å². The van der Waals surface area contributed by atoms with Crippen molar-refractivity contribution in [3.8, 4) is 5.88 Å². The average molecular weight is 414 g/mol. The van der Waals surface area contributed by atoms with Gasteiger partial charge in [0.2, 0.25) is 0 Å². The number of pyridine rings is 1. The van der Waals surface area contributed by atoms with Crippen molar-refractivity contribution < 1.29 is 27.1 Å². The summed E-state index contributed by atoms with van der Waals surface area (Å²) in [5.41, 5.74) is -1.40. The topological polar surface area (TPSA) is 43.7 Å². The first-order valence-electron chi connectivity index (χ1n) is 8.45. The molecular weight excluding hydrogens is 396 g/mol. The van der Waals surface area contributed by atoms with E-state index in [9.17, 15) is 17.6 Å². The molecule has 0 N–H and O–H groups in total. The van der Waals surface area contributed by atoms with E-state index in [0.717, 1.165) is 17.3 Å². The quantitative estimate of drug-likeness (QED) is 0.601. The van der Waals surface area contributed by atoms with Crippen LogP contribution in [0.2, 0.25) is 0 Å². The van der Waals surface area contributed by atoms with E-state index in [4.69, 9.17) is 9.57 Å². The zero-order valence-corrected chi connectivity index (χ0v) is 16.0. The maximum absolute atomic E-state index is 14.8. The number of aromatic nitrogens is 1. The second-order valence-corrected chi connectivity index (χ2v) is 7.89. The number of oxime groups is 1. The highest BCUT2D eigenvalue weighted by molar-refractivity contribution is 8.13. The lowest BCUT2D eigenvalue weighted by Crippen LogP contribution is -2.18. The molecular formula is C19H18F4N2O2S. The summed E-state index contributed by atoms with van der Waals surface area (Å²) in [4.78, 5) is 8.74. The number of nitrogens with zero attached hydrogens (tertiary/aromatic N) is 2. The Morgan fingerprint density at radius 2 is 1.93 bits per heavy atom. The average Bonchev–Trinajstić information content (AvgIpc) is 2.98. The molecule has 0 amide bonds. The fourth-order valence-electron chi connectivity index (χ4n) is 2.55. The summed E-state index contributed by atoms with van der Waals surface area (Å²) >= 11 is 1.01. The van der Waals surface area contributed by atoms with Gasteiger partial charge in [0, 0.05) is 23.9 Å². The van der Waals surface area contributed by atoms with Crippen molar-refractivity contribution in [3.05, 3.63) is 59.0 Å². The molecule has 0 unspecified atom stereocenters. The molecule has 0 atom stereocenters. The number of alkyl halides is 3. The Balaban J connectivity index is 1.81. The van der Waals surface area contributed by atoms with Crippen molar-refractivity contribution in [3.63, 3.8) is 0 Å². The Bertz CT molecular complexity index is 870.